The first-order chi connectivity index (χ1) is 11.5. The monoisotopic (exact) mass is 345 g/mol. The number of fused-ring (bicyclic) bond motifs is 1. The Morgan fingerprint density at radius 2 is 1.79 bits per heavy atom. The zero-order valence-corrected chi connectivity index (χ0v) is 13.3. The molecule has 1 N–H and O–H groups in total. The Morgan fingerprint density at radius 3 is 2.46 bits per heavy atom. The topological polar surface area (TPSA) is 50.2 Å². The molecule has 0 spiro atoms. The largest absolute Gasteiger partial charge is 0.481 e. The van der Waals surface area contributed by atoms with Gasteiger partial charge in [-0.1, -0.05) is 18.2 Å². The Labute approximate surface area is 140 Å². The van der Waals surface area contributed by atoms with Crippen LogP contribution in [0.5, 0.6) is 0 Å². The smallest absolute Gasteiger partial charge is 0.303 e. The fourth-order valence-corrected chi connectivity index (χ4v) is 3.32. The van der Waals surface area contributed by atoms with E-state index in [2.05, 4.69) is 4.98 Å². The fraction of sp³-hybridized carbons (Fsp3) is 0.111. The molecule has 1 heterocycles. The molecule has 6 heteroatoms. The van der Waals surface area contributed by atoms with Crippen LogP contribution in [-0.2, 0) is 4.79 Å². The summed E-state index contributed by atoms with van der Waals surface area (Å²) in [5, 5.41) is 9.50. The molecule has 0 saturated heterocycles. The maximum absolute atomic E-state index is 13.9. The van der Waals surface area contributed by atoms with Crippen LogP contribution in [0.4, 0.5) is 8.78 Å². The lowest BCUT2D eigenvalue weighted by molar-refractivity contribution is -0.136. The van der Waals surface area contributed by atoms with E-state index in [4.69, 9.17) is 5.11 Å². The van der Waals surface area contributed by atoms with E-state index in [1.54, 1.807) is 0 Å². The summed E-state index contributed by atoms with van der Waals surface area (Å²) in [6.07, 6.45) is 1.35. The molecule has 24 heavy (non-hydrogen) atoms. The van der Waals surface area contributed by atoms with Gasteiger partial charge in [0.05, 0.1) is 10.2 Å². The van der Waals surface area contributed by atoms with Gasteiger partial charge in [0.25, 0.3) is 0 Å². The Hall–Kier alpha value is -2.60. The summed E-state index contributed by atoms with van der Waals surface area (Å²) in [6, 6.07) is 11.1. The van der Waals surface area contributed by atoms with Crippen LogP contribution < -0.4 is 0 Å². The molecule has 3 aromatic rings. The summed E-state index contributed by atoms with van der Waals surface area (Å²) in [4.78, 5) is 15.4. The van der Waals surface area contributed by atoms with Gasteiger partial charge >= 0.3 is 5.97 Å². The number of carboxylic acid groups (broad SMARTS) is 1. The Bertz CT molecular complexity index is 880. The number of para-hydroxylation sites is 1. The predicted molar refractivity (Wildman–Crippen MR) is 90.7 cm³/mol. The Balaban J connectivity index is 2.08. The molecule has 0 aliphatic rings. The summed E-state index contributed by atoms with van der Waals surface area (Å²) < 4.78 is 28.8. The molecule has 0 saturated carbocycles. The van der Waals surface area contributed by atoms with E-state index >= 15 is 0 Å². The predicted octanol–water partition coefficient (Wildman–Crippen LogP) is 4.98. The van der Waals surface area contributed by atoms with Crippen molar-refractivity contribution in [2.24, 2.45) is 0 Å². The minimum Gasteiger partial charge on any atom is -0.481 e. The van der Waals surface area contributed by atoms with Crippen LogP contribution in [0.1, 0.15) is 23.4 Å². The van der Waals surface area contributed by atoms with Crippen LogP contribution in [0.15, 0.2) is 42.5 Å². The summed E-state index contributed by atoms with van der Waals surface area (Å²) in [7, 11) is 0. The highest BCUT2D eigenvalue weighted by molar-refractivity contribution is 7.19. The quantitative estimate of drug-likeness (QED) is 0.709. The molecule has 0 aliphatic heterocycles. The van der Waals surface area contributed by atoms with Crippen molar-refractivity contribution in [2.45, 2.75) is 12.8 Å². The molecule has 0 radical (unpaired) electrons. The van der Waals surface area contributed by atoms with Crippen LogP contribution in [0.3, 0.4) is 0 Å². The zero-order chi connectivity index (χ0) is 17.1. The molecule has 122 valence electrons. The number of carboxylic acids is 1. The second-order valence-electron chi connectivity index (χ2n) is 5.19. The number of allylic oxidation sites excluding steroid dienone is 1. The van der Waals surface area contributed by atoms with Crippen LogP contribution in [0.2, 0.25) is 0 Å². The molecular weight excluding hydrogens is 332 g/mol. The van der Waals surface area contributed by atoms with E-state index in [0.29, 0.717) is 10.6 Å². The van der Waals surface area contributed by atoms with E-state index in [1.807, 2.05) is 24.3 Å². The normalized spacial score (nSPS) is 11.8. The Kier molecular flexibility index (Phi) is 4.66. The van der Waals surface area contributed by atoms with Crippen LogP contribution in [-0.4, -0.2) is 16.1 Å². The molecule has 0 bridgehead atoms. The summed E-state index contributed by atoms with van der Waals surface area (Å²) in [5.41, 5.74) is 1.09. The molecule has 0 fully saturated rings. The highest BCUT2D eigenvalue weighted by Crippen LogP contribution is 2.31. The van der Waals surface area contributed by atoms with Crippen molar-refractivity contribution in [3.8, 4) is 0 Å². The number of hydrogen-bond donors (Lipinski definition) is 1. The maximum atomic E-state index is 13.9. The highest BCUT2D eigenvalue weighted by Gasteiger charge is 2.14. The van der Waals surface area contributed by atoms with Gasteiger partial charge in [-0.3, -0.25) is 4.79 Å². The van der Waals surface area contributed by atoms with Gasteiger partial charge in [-0.05, 0) is 42.3 Å². The van der Waals surface area contributed by atoms with Crippen molar-refractivity contribution in [2.75, 3.05) is 0 Å². The van der Waals surface area contributed by atoms with E-state index < -0.39 is 17.6 Å². The third-order valence-electron chi connectivity index (χ3n) is 3.50. The van der Waals surface area contributed by atoms with Gasteiger partial charge in [0.2, 0.25) is 0 Å². The zero-order valence-electron chi connectivity index (χ0n) is 12.5. The van der Waals surface area contributed by atoms with E-state index in [-0.39, 0.29) is 18.4 Å². The van der Waals surface area contributed by atoms with Crippen molar-refractivity contribution in [3.05, 3.63) is 64.7 Å². The van der Waals surface area contributed by atoms with Crippen molar-refractivity contribution < 1.29 is 18.7 Å². The Morgan fingerprint density at radius 1 is 1.08 bits per heavy atom. The van der Waals surface area contributed by atoms with Crippen LogP contribution >= 0.6 is 11.3 Å². The average Bonchev–Trinajstić information content (AvgIpc) is 2.97. The van der Waals surface area contributed by atoms with Crippen LogP contribution in [0.25, 0.3) is 21.9 Å². The molecule has 3 nitrogen and oxygen atoms in total. The van der Waals surface area contributed by atoms with Gasteiger partial charge < -0.3 is 5.11 Å². The number of halogens is 2. The number of aliphatic carboxylic acids is 1. The third-order valence-corrected chi connectivity index (χ3v) is 4.61. The molecular formula is C18H13F2NO2S. The number of rotatable bonds is 5. The summed E-state index contributed by atoms with van der Waals surface area (Å²) in [6.45, 7) is 0. The first-order valence-electron chi connectivity index (χ1n) is 7.27. The molecule has 3 rings (SSSR count). The standard InChI is InChI=1S/C18H13F2NO2S/c19-13-4-3-5-14(20)12(13)10-11(8-9-17(22)23)18-21-15-6-1-2-7-16(15)24-18/h1-7,10H,8-9H2,(H,22,23)/b11-10+. The van der Waals surface area contributed by atoms with Gasteiger partial charge in [-0.15, -0.1) is 11.3 Å². The molecule has 0 unspecified atom stereocenters. The number of nitrogens with zero attached hydrogens (tertiary/aromatic N) is 1. The van der Waals surface area contributed by atoms with Crippen molar-refractivity contribution in [1.29, 1.82) is 0 Å². The minimum absolute atomic E-state index is 0.141. The lowest BCUT2D eigenvalue weighted by Gasteiger charge is -2.05. The van der Waals surface area contributed by atoms with Crippen molar-refractivity contribution >= 4 is 39.2 Å². The van der Waals surface area contributed by atoms with Gasteiger partial charge in [0.15, 0.2) is 0 Å². The highest BCUT2D eigenvalue weighted by atomic mass is 32.1. The number of hydrogen-bond acceptors (Lipinski definition) is 3. The summed E-state index contributed by atoms with van der Waals surface area (Å²) >= 11 is 1.37. The third kappa shape index (κ3) is 3.49. The number of aromatic nitrogens is 1. The van der Waals surface area contributed by atoms with Gasteiger partial charge in [0.1, 0.15) is 16.6 Å². The molecule has 0 amide bonds. The number of carbonyl (C=O) groups is 1. The lowest BCUT2D eigenvalue weighted by Crippen LogP contribution is -1.96. The van der Waals surface area contributed by atoms with Gasteiger partial charge in [-0.2, -0.15) is 0 Å². The average molecular weight is 345 g/mol. The van der Waals surface area contributed by atoms with Gasteiger partial charge in [0, 0.05) is 12.0 Å². The van der Waals surface area contributed by atoms with E-state index in [0.717, 1.165) is 10.2 Å². The fourth-order valence-electron chi connectivity index (χ4n) is 2.31. The molecule has 0 aliphatic carbocycles. The molecule has 2 aromatic carbocycles. The first-order valence-corrected chi connectivity index (χ1v) is 8.08. The SMILES string of the molecule is O=C(O)CC/C(=C\c1c(F)cccc1F)c1nc2ccccc2s1. The maximum Gasteiger partial charge on any atom is 0.303 e. The van der Waals surface area contributed by atoms with E-state index in [9.17, 15) is 13.6 Å². The summed E-state index contributed by atoms with van der Waals surface area (Å²) in [5.74, 6) is -2.36. The minimum atomic E-state index is -0.976. The lowest BCUT2D eigenvalue weighted by atomic mass is 10.1. The van der Waals surface area contributed by atoms with Crippen molar-refractivity contribution in [3.63, 3.8) is 0 Å². The first kappa shape index (κ1) is 16.3. The second kappa shape index (κ2) is 6.88. The second-order valence-corrected chi connectivity index (χ2v) is 6.22. The number of thiazole rings is 1. The van der Waals surface area contributed by atoms with Crippen molar-refractivity contribution in [1.82, 2.24) is 4.98 Å². The molecule has 1 aromatic heterocycles. The van der Waals surface area contributed by atoms with Crippen LogP contribution in [0, 0.1) is 11.6 Å². The molecule has 0 atom stereocenters. The number of benzene rings is 2. The van der Waals surface area contributed by atoms with E-state index in [1.165, 1.54) is 35.6 Å². The van der Waals surface area contributed by atoms with Gasteiger partial charge in [-0.25, -0.2) is 13.8 Å².